The summed E-state index contributed by atoms with van der Waals surface area (Å²) in [5, 5.41) is 17.7. The first-order valence-corrected chi connectivity index (χ1v) is 8.17. The summed E-state index contributed by atoms with van der Waals surface area (Å²) in [5.74, 6) is -0.414. The van der Waals surface area contributed by atoms with E-state index in [4.69, 9.17) is 16.7 Å². The molecule has 1 aromatic carbocycles. The van der Waals surface area contributed by atoms with Crippen molar-refractivity contribution in [3.05, 3.63) is 76.3 Å². The number of nitrogens with zero attached hydrogens (tertiary/aromatic N) is 4. The summed E-state index contributed by atoms with van der Waals surface area (Å²) in [5.41, 5.74) is 5.38. The molecule has 0 aliphatic heterocycles. The Kier molecular flexibility index (Phi) is 5.40. The number of hydrogen-bond acceptors (Lipinski definition) is 5. The molecule has 26 heavy (non-hydrogen) atoms. The Hall–Kier alpha value is -3.03. The minimum atomic E-state index is -0.414. The Bertz CT molecular complexity index is 936. The van der Waals surface area contributed by atoms with E-state index in [0.717, 1.165) is 5.69 Å². The third kappa shape index (κ3) is 3.79. The van der Waals surface area contributed by atoms with Crippen molar-refractivity contribution >= 4 is 23.7 Å². The predicted molar refractivity (Wildman–Crippen MR) is 98.5 cm³/mol. The van der Waals surface area contributed by atoms with Crippen LogP contribution >= 0.6 is 11.6 Å². The van der Waals surface area contributed by atoms with Crippen LogP contribution in [0.3, 0.4) is 0 Å². The van der Waals surface area contributed by atoms with Gasteiger partial charge in [-0.25, -0.2) is 10.1 Å². The van der Waals surface area contributed by atoms with Crippen molar-refractivity contribution < 1.29 is 9.90 Å². The van der Waals surface area contributed by atoms with Crippen LogP contribution in [0.4, 0.5) is 0 Å². The molecule has 0 saturated heterocycles. The third-order valence-corrected chi connectivity index (χ3v) is 4.02. The number of hydrazone groups is 1. The average Bonchev–Trinajstić information content (AvgIpc) is 2.97. The number of amides is 1. The molecule has 3 rings (SSSR count). The zero-order valence-electron chi connectivity index (χ0n) is 13.9. The van der Waals surface area contributed by atoms with Crippen molar-refractivity contribution in [2.75, 3.05) is 0 Å². The molecule has 0 aliphatic rings. The lowest BCUT2D eigenvalue weighted by atomic mass is 10.2. The number of aromatic nitrogens is 3. The lowest BCUT2D eigenvalue weighted by molar-refractivity contribution is 0.0954. The summed E-state index contributed by atoms with van der Waals surface area (Å²) < 4.78 is 1.61. The fraction of sp³-hybridized carbons (Fsp3) is 0.111. The Labute approximate surface area is 155 Å². The van der Waals surface area contributed by atoms with Gasteiger partial charge in [-0.15, -0.1) is 0 Å². The summed E-state index contributed by atoms with van der Waals surface area (Å²) in [7, 11) is 0. The van der Waals surface area contributed by atoms with Crippen LogP contribution in [-0.4, -0.2) is 32.0 Å². The molecule has 2 aromatic heterocycles. The second kappa shape index (κ2) is 7.90. The molecule has 0 fully saturated rings. The van der Waals surface area contributed by atoms with Crippen molar-refractivity contribution in [3.8, 4) is 5.69 Å². The molecule has 0 unspecified atom stereocenters. The highest BCUT2D eigenvalue weighted by Gasteiger charge is 2.13. The number of pyridine rings is 1. The maximum Gasteiger partial charge on any atom is 0.272 e. The fourth-order valence-electron chi connectivity index (χ4n) is 2.27. The van der Waals surface area contributed by atoms with Crippen LogP contribution in [0.15, 0.2) is 53.8 Å². The van der Waals surface area contributed by atoms with Gasteiger partial charge in [0.15, 0.2) is 0 Å². The highest BCUT2D eigenvalue weighted by Crippen LogP contribution is 2.21. The number of aliphatic hydroxyl groups is 1. The van der Waals surface area contributed by atoms with Gasteiger partial charge in [-0.2, -0.15) is 10.2 Å². The molecule has 2 N–H and O–H groups in total. The normalized spacial score (nSPS) is 11.0. The summed E-state index contributed by atoms with van der Waals surface area (Å²) in [6.45, 7) is 1.63. The molecule has 0 atom stereocenters. The first-order valence-electron chi connectivity index (χ1n) is 7.80. The highest BCUT2D eigenvalue weighted by molar-refractivity contribution is 6.32. The van der Waals surface area contributed by atoms with Crippen LogP contribution in [0.25, 0.3) is 5.69 Å². The zero-order valence-corrected chi connectivity index (χ0v) is 14.7. The Morgan fingerprint density at radius 1 is 1.31 bits per heavy atom. The van der Waals surface area contributed by atoms with Crippen molar-refractivity contribution in [1.29, 1.82) is 0 Å². The SMILES string of the molecule is Cc1nn(-c2ccccc2)c(Cl)c1/C=N/NC(=O)c1ccc(CO)nc1. The van der Waals surface area contributed by atoms with Crippen LogP contribution in [0.1, 0.15) is 27.3 Å². The van der Waals surface area contributed by atoms with Gasteiger partial charge < -0.3 is 5.11 Å². The molecule has 0 radical (unpaired) electrons. The number of rotatable bonds is 5. The topological polar surface area (TPSA) is 92.4 Å². The standard InChI is InChI=1S/C18H16ClN5O2/c1-12-16(17(19)24(23-12)15-5-3-2-4-6-15)10-21-22-18(26)13-7-8-14(11-25)20-9-13/h2-10,25H,11H2,1H3,(H,22,26)/b21-10+. The number of aryl methyl sites for hydroxylation is 1. The molecular formula is C18H16ClN5O2. The van der Waals surface area contributed by atoms with E-state index in [1.54, 1.807) is 16.8 Å². The number of halogens is 1. The minimum Gasteiger partial charge on any atom is -0.390 e. The van der Waals surface area contributed by atoms with E-state index in [1.165, 1.54) is 12.4 Å². The molecule has 1 amide bonds. The summed E-state index contributed by atoms with van der Waals surface area (Å²) in [6.07, 6.45) is 2.83. The molecule has 0 spiro atoms. The molecule has 0 saturated carbocycles. The molecule has 0 aliphatic carbocycles. The monoisotopic (exact) mass is 369 g/mol. The summed E-state index contributed by atoms with van der Waals surface area (Å²) in [6, 6.07) is 12.6. The zero-order chi connectivity index (χ0) is 18.5. The number of hydrogen-bond donors (Lipinski definition) is 2. The van der Waals surface area contributed by atoms with E-state index in [1.807, 2.05) is 37.3 Å². The van der Waals surface area contributed by atoms with Crippen molar-refractivity contribution in [3.63, 3.8) is 0 Å². The van der Waals surface area contributed by atoms with E-state index in [0.29, 0.717) is 27.7 Å². The minimum absolute atomic E-state index is 0.177. The van der Waals surface area contributed by atoms with Crippen LogP contribution < -0.4 is 5.43 Å². The molecule has 7 nitrogen and oxygen atoms in total. The van der Waals surface area contributed by atoms with Gasteiger partial charge in [0.25, 0.3) is 5.91 Å². The number of para-hydroxylation sites is 1. The first-order chi connectivity index (χ1) is 12.6. The Morgan fingerprint density at radius 3 is 2.73 bits per heavy atom. The lowest BCUT2D eigenvalue weighted by Gasteiger charge is -2.02. The molecular weight excluding hydrogens is 354 g/mol. The van der Waals surface area contributed by atoms with E-state index in [9.17, 15) is 4.79 Å². The number of carbonyl (C=O) groups excluding carboxylic acids is 1. The van der Waals surface area contributed by atoms with E-state index in [2.05, 4.69) is 20.6 Å². The first kappa shape index (κ1) is 17.8. The maximum absolute atomic E-state index is 12.0. The average molecular weight is 370 g/mol. The van der Waals surface area contributed by atoms with Gasteiger partial charge in [0.1, 0.15) is 5.15 Å². The molecule has 8 heteroatoms. The predicted octanol–water partition coefficient (Wildman–Crippen LogP) is 2.49. The maximum atomic E-state index is 12.0. The largest absolute Gasteiger partial charge is 0.390 e. The number of carbonyl (C=O) groups is 1. The third-order valence-electron chi connectivity index (χ3n) is 3.66. The summed E-state index contributed by atoms with van der Waals surface area (Å²) in [4.78, 5) is 16.0. The van der Waals surface area contributed by atoms with E-state index < -0.39 is 5.91 Å². The molecule has 3 aromatic rings. The van der Waals surface area contributed by atoms with Gasteiger partial charge in [0.05, 0.1) is 41.0 Å². The van der Waals surface area contributed by atoms with Crippen LogP contribution in [0, 0.1) is 6.92 Å². The van der Waals surface area contributed by atoms with Crippen LogP contribution in [0.2, 0.25) is 5.15 Å². The second-order valence-corrected chi connectivity index (χ2v) is 5.79. The van der Waals surface area contributed by atoms with Crippen LogP contribution in [-0.2, 0) is 6.61 Å². The quantitative estimate of drug-likeness (QED) is 0.533. The van der Waals surface area contributed by atoms with E-state index in [-0.39, 0.29) is 6.61 Å². The second-order valence-electron chi connectivity index (χ2n) is 5.43. The highest BCUT2D eigenvalue weighted by atomic mass is 35.5. The van der Waals surface area contributed by atoms with Gasteiger partial charge in [-0.05, 0) is 31.2 Å². The fourth-order valence-corrected chi connectivity index (χ4v) is 2.59. The van der Waals surface area contributed by atoms with Gasteiger partial charge in [0.2, 0.25) is 0 Å². The molecule has 0 bridgehead atoms. The van der Waals surface area contributed by atoms with Gasteiger partial charge in [-0.3, -0.25) is 9.78 Å². The summed E-state index contributed by atoms with van der Waals surface area (Å²) >= 11 is 6.39. The van der Waals surface area contributed by atoms with Gasteiger partial charge >= 0.3 is 0 Å². The van der Waals surface area contributed by atoms with Gasteiger partial charge in [0, 0.05) is 6.20 Å². The lowest BCUT2D eigenvalue weighted by Crippen LogP contribution is -2.18. The van der Waals surface area contributed by atoms with Crippen molar-refractivity contribution in [2.24, 2.45) is 5.10 Å². The van der Waals surface area contributed by atoms with Crippen LogP contribution in [0.5, 0.6) is 0 Å². The Morgan fingerprint density at radius 2 is 2.08 bits per heavy atom. The Balaban J connectivity index is 1.74. The van der Waals surface area contributed by atoms with Gasteiger partial charge in [-0.1, -0.05) is 29.8 Å². The molecule has 132 valence electrons. The number of benzene rings is 1. The van der Waals surface area contributed by atoms with Crippen molar-refractivity contribution in [2.45, 2.75) is 13.5 Å². The smallest absolute Gasteiger partial charge is 0.272 e. The van der Waals surface area contributed by atoms with E-state index >= 15 is 0 Å². The number of aliphatic hydroxyl groups excluding tert-OH is 1. The molecule has 2 heterocycles. The van der Waals surface area contributed by atoms with Crippen molar-refractivity contribution in [1.82, 2.24) is 20.2 Å². The number of nitrogens with one attached hydrogen (secondary N) is 1.